The zero-order valence-electron chi connectivity index (χ0n) is 33.3. The second-order valence-corrected chi connectivity index (χ2v) is 15.8. The van der Waals surface area contributed by atoms with Crippen LogP contribution >= 0.6 is 0 Å². The van der Waals surface area contributed by atoms with Crippen molar-refractivity contribution in [3.8, 4) is 22.4 Å². The van der Waals surface area contributed by atoms with Crippen molar-refractivity contribution >= 4 is 45.8 Å². The minimum absolute atomic E-state index is 0.0368. The summed E-state index contributed by atoms with van der Waals surface area (Å²) in [6.45, 7) is 8.18. The number of ether oxygens (including phenoxy) is 2. The lowest BCUT2D eigenvalue weighted by molar-refractivity contribution is -0.135. The van der Waals surface area contributed by atoms with Gasteiger partial charge in [0.2, 0.25) is 11.8 Å². The van der Waals surface area contributed by atoms with Crippen LogP contribution in [0.2, 0.25) is 0 Å². The number of aromatic amines is 2. The lowest BCUT2D eigenvalue weighted by Gasteiger charge is -2.29. The second-order valence-electron chi connectivity index (χ2n) is 15.8. The van der Waals surface area contributed by atoms with Crippen LogP contribution in [0.1, 0.15) is 83.4 Å². The summed E-state index contributed by atoms with van der Waals surface area (Å²) < 4.78 is 9.51. The molecule has 1 saturated heterocycles. The average molecular weight is 777 g/mol. The summed E-state index contributed by atoms with van der Waals surface area (Å²) in [5, 5.41) is 10.6. The normalized spacial score (nSPS) is 19.2. The number of nitrogens with one attached hydrogen (secondary N) is 5. The van der Waals surface area contributed by atoms with Crippen LogP contribution in [0.3, 0.4) is 0 Å². The summed E-state index contributed by atoms with van der Waals surface area (Å²) >= 11 is 0. The first-order valence-electron chi connectivity index (χ1n) is 19.8. The molecule has 1 aliphatic carbocycles. The van der Waals surface area contributed by atoms with E-state index < -0.39 is 24.3 Å². The van der Waals surface area contributed by atoms with Crippen LogP contribution < -0.4 is 16.0 Å². The molecule has 300 valence electrons. The molecule has 2 aliphatic rings. The van der Waals surface area contributed by atoms with Gasteiger partial charge in [-0.05, 0) is 71.7 Å². The van der Waals surface area contributed by atoms with Crippen molar-refractivity contribution in [2.45, 2.75) is 89.9 Å². The third-order valence-electron chi connectivity index (χ3n) is 11.5. The maximum absolute atomic E-state index is 13.7. The van der Waals surface area contributed by atoms with Gasteiger partial charge in [0, 0.05) is 23.9 Å². The molecule has 1 saturated carbocycles. The van der Waals surface area contributed by atoms with Gasteiger partial charge in [-0.25, -0.2) is 19.6 Å². The second kappa shape index (κ2) is 16.7. The molecule has 3 aromatic carbocycles. The van der Waals surface area contributed by atoms with Gasteiger partial charge in [-0.15, -0.1) is 0 Å². The number of benzene rings is 3. The Morgan fingerprint density at radius 1 is 0.772 bits per heavy atom. The topological polar surface area (TPSA) is 183 Å². The van der Waals surface area contributed by atoms with Crippen LogP contribution in [0.4, 0.5) is 9.59 Å². The Labute approximate surface area is 331 Å². The van der Waals surface area contributed by atoms with E-state index in [1.54, 1.807) is 0 Å². The summed E-state index contributed by atoms with van der Waals surface area (Å²) in [4.78, 5) is 69.3. The number of fused-ring (bicyclic) bond motifs is 3. The molecule has 57 heavy (non-hydrogen) atoms. The van der Waals surface area contributed by atoms with Crippen molar-refractivity contribution in [3.63, 3.8) is 0 Å². The minimum Gasteiger partial charge on any atom is -0.453 e. The highest BCUT2D eigenvalue weighted by atomic mass is 16.5. The fraction of sp³-hybridized carbons (Fsp3) is 0.442. The summed E-state index contributed by atoms with van der Waals surface area (Å²) in [7, 11) is 2.58. The Morgan fingerprint density at radius 3 is 2.16 bits per heavy atom. The smallest absolute Gasteiger partial charge is 0.407 e. The highest BCUT2D eigenvalue weighted by Crippen LogP contribution is 2.37. The molecule has 2 fully saturated rings. The zero-order valence-corrected chi connectivity index (χ0v) is 33.3. The van der Waals surface area contributed by atoms with Gasteiger partial charge in [-0.1, -0.05) is 76.6 Å². The van der Waals surface area contributed by atoms with Gasteiger partial charge in [0.1, 0.15) is 23.7 Å². The van der Waals surface area contributed by atoms with E-state index in [1.807, 2.05) is 44.9 Å². The van der Waals surface area contributed by atoms with Crippen LogP contribution in [0, 0.1) is 11.8 Å². The maximum atomic E-state index is 13.7. The molecular weight excluding hydrogens is 725 g/mol. The molecule has 0 unspecified atom stereocenters. The molecule has 5 aromatic rings. The van der Waals surface area contributed by atoms with Gasteiger partial charge in [0.25, 0.3) is 0 Å². The summed E-state index contributed by atoms with van der Waals surface area (Å²) in [6, 6.07) is 17.2. The third kappa shape index (κ3) is 8.16. The summed E-state index contributed by atoms with van der Waals surface area (Å²) in [5.74, 6) is 1.04. The predicted octanol–water partition coefficient (Wildman–Crippen LogP) is 6.95. The summed E-state index contributed by atoms with van der Waals surface area (Å²) in [6.07, 6.45) is 4.92. The third-order valence-corrected chi connectivity index (χ3v) is 11.5. The van der Waals surface area contributed by atoms with Crippen molar-refractivity contribution in [1.82, 2.24) is 40.8 Å². The number of carbonyl (C=O) groups is 4. The van der Waals surface area contributed by atoms with E-state index in [0.717, 1.165) is 87.9 Å². The standard InChI is InChI=1S/C43H52N8O6/c1-23(2)35(49-42(54)56-5)40(52)47-31-10-7-9-30(31)38-44-22-33(46-38)26-14-12-25(13-15-26)27-16-18-29-28(21-27)17-19-32-37(29)48-39(45-32)34-11-8-20-51(34)41(53)36(24(3)4)50-43(55)57-6/h12-19,21-24,30-31,34-36H,7-11,20H2,1-6H3,(H,44,46)(H,45,48)(H,47,52)(H,49,54)(H,50,55)/t30-,31+,34-,35-,36-/m0/s1. The molecule has 14 heteroatoms. The Hall–Kier alpha value is -5.92. The molecule has 5 N–H and O–H groups in total. The molecule has 14 nitrogen and oxygen atoms in total. The van der Waals surface area contributed by atoms with Crippen LogP contribution in [-0.4, -0.2) is 87.7 Å². The lowest BCUT2D eigenvalue weighted by atomic mass is 9.99. The highest BCUT2D eigenvalue weighted by molar-refractivity contribution is 6.05. The van der Waals surface area contributed by atoms with E-state index in [4.69, 9.17) is 19.4 Å². The van der Waals surface area contributed by atoms with Crippen molar-refractivity contribution in [1.29, 1.82) is 0 Å². The Bertz CT molecular complexity index is 2260. The SMILES string of the molecule is COC(=O)N[C@H](C(=O)N[C@@H]1CCC[C@@H]1c1ncc(-c2ccc(-c3ccc4c(ccc5[nH]c([C@@H]6CCCN6C(=O)[C@@H](NC(=O)OC)C(C)C)nc54)c3)cc2)[nH]1)C(C)C. The van der Waals surface area contributed by atoms with E-state index in [0.29, 0.717) is 6.54 Å². The fourth-order valence-corrected chi connectivity index (χ4v) is 8.32. The van der Waals surface area contributed by atoms with Gasteiger partial charge >= 0.3 is 12.2 Å². The number of imidazole rings is 2. The molecule has 1 aliphatic heterocycles. The average Bonchev–Trinajstić information content (AvgIpc) is 4.05. The molecular formula is C43H52N8O6. The van der Waals surface area contributed by atoms with Crippen LogP contribution in [0.5, 0.6) is 0 Å². The number of H-pyrrole nitrogens is 2. The van der Waals surface area contributed by atoms with Gasteiger partial charge in [0.15, 0.2) is 0 Å². The Kier molecular flexibility index (Phi) is 11.5. The van der Waals surface area contributed by atoms with Gasteiger partial charge in [-0.2, -0.15) is 0 Å². The van der Waals surface area contributed by atoms with Crippen molar-refractivity contribution in [2.75, 3.05) is 20.8 Å². The van der Waals surface area contributed by atoms with E-state index in [2.05, 4.69) is 74.4 Å². The number of carbonyl (C=O) groups excluding carboxylic acids is 4. The first kappa shape index (κ1) is 39.3. The van der Waals surface area contributed by atoms with Gasteiger partial charge in [-0.3, -0.25) is 9.59 Å². The van der Waals surface area contributed by atoms with Gasteiger partial charge in [0.05, 0.1) is 43.2 Å². The number of nitrogens with zero attached hydrogens (tertiary/aromatic N) is 3. The Balaban J connectivity index is 1.05. The number of likely N-dealkylation sites (tertiary alicyclic amines) is 1. The lowest BCUT2D eigenvalue weighted by Crippen LogP contribution is -2.52. The zero-order chi connectivity index (χ0) is 40.4. The molecule has 2 aromatic heterocycles. The Morgan fingerprint density at radius 2 is 1.46 bits per heavy atom. The number of rotatable bonds is 11. The quantitative estimate of drug-likeness (QED) is 0.0955. The number of hydrogen-bond donors (Lipinski definition) is 5. The van der Waals surface area contributed by atoms with Crippen LogP contribution in [0.15, 0.2) is 60.8 Å². The number of alkyl carbamates (subject to hydrolysis) is 2. The monoisotopic (exact) mass is 776 g/mol. The number of aromatic nitrogens is 4. The van der Waals surface area contributed by atoms with Crippen molar-refractivity contribution in [3.05, 3.63) is 72.4 Å². The largest absolute Gasteiger partial charge is 0.453 e. The molecule has 0 spiro atoms. The van der Waals surface area contributed by atoms with Crippen LogP contribution in [-0.2, 0) is 19.1 Å². The molecule has 0 radical (unpaired) electrons. The molecule has 7 rings (SSSR count). The minimum atomic E-state index is -0.694. The predicted molar refractivity (Wildman–Crippen MR) is 217 cm³/mol. The van der Waals surface area contributed by atoms with Crippen molar-refractivity contribution in [2.24, 2.45) is 11.8 Å². The highest BCUT2D eigenvalue weighted by Gasteiger charge is 2.38. The molecule has 4 amide bonds. The fourth-order valence-electron chi connectivity index (χ4n) is 8.32. The molecule has 0 bridgehead atoms. The number of methoxy groups -OCH3 is 2. The van der Waals surface area contributed by atoms with E-state index in [9.17, 15) is 19.2 Å². The molecule has 5 atom stereocenters. The molecule has 3 heterocycles. The van der Waals surface area contributed by atoms with E-state index in [-0.39, 0.29) is 41.7 Å². The van der Waals surface area contributed by atoms with Crippen molar-refractivity contribution < 1.29 is 28.7 Å². The number of amides is 4. The van der Waals surface area contributed by atoms with E-state index >= 15 is 0 Å². The van der Waals surface area contributed by atoms with E-state index in [1.165, 1.54) is 14.2 Å². The van der Waals surface area contributed by atoms with Crippen LogP contribution in [0.25, 0.3) is 44.2 Å². The first-order chi connectivity index (χ1) is 27.4. The van der Waals surface area contributed by atoms with Gasteiger partial charge < -0.3 is 40.3 Å². The number of hydrogen-bond acceptors (Lipinski definition) is 8. The first-order valence-corrected chi connectivity index (χ1v) is 19.8. The maximum Gasteiger partial charge on any atom is 0.407 e. The summed E-state index contributed by atoms with van der Waals surface area (Å²) in [5.41, 5.74) is 5.81.